The van der Waals surface area contributed by atoms with Crippen LogP contribution < -0.4 is 20.7 Å². The number of para-hydroxylation sites is 1. The Morgan fingerprint density at radius 2 is 1.69 bits per heavy atom. The highest BCUT2D eigenvalue weighted by Crippen LogP contribution is 2.18. The third kappa shape index (κ3) is 7.17. The van der Waals surface area contributed by atoms with Gasteiger partial charge in [0.05, 0.1) is 12.2 Å². The van der Waals surface area contributed by atoms with E-state index in [0.717, 1.165) is 0 Å². The normalized spacial score (nSPS) is 10.3. The first-order valence-corrected chi connectivity index (χ1v) is 9.55. The molecule has 7 nitrogen and oxygen atoms in total. The van der Waals surface area contributed by atoms with Crippen LogP contribution in [0.3, 0.4) is 0 Å². The summed E-state index contributed by atoms with van der Waals surface area (Å²) < 4.78 is 10.5. The molecule has 154 valence electrons. The molecule has 0 atom stereocenters. The number of thiocarbonyl (C=S) groups is 1. The standard InChI is InChI=1S/C21H25N3O4S/c1-14(2)22-19(25)15-8-10-16(11-9-15)23-21(29)24-20(26)17-6-4-5-7-18(17)28-13-12-27-3/h4-11,14H,12-13H2,1-3H3,(H,22,25)(H2,23,24,26,29). The second kappa shape index (κ2) is 11.1. The molecule has 0 aliphatic heterocycles. The fourth-order valence-electron chi connectivity index (χ4n) is 2.40. The van der Waals surface area contributed by atoms with Gasteiger partial charge in [-0.2, -0.15) is 0 Å². The Hall–Kier alpha value is -2.97. The van der Waals surface area contributed by atoms with E-state index in [1.807, 2.05) is 13.8 Å². The Kier molecular flexibility index (Phi) is 8.57. The Morgan fingerprint density at radius 3 is 2.34 bits per heavy atom. The van der Waals surface area contributed by atoms with Crippen molar-refractivity contribution in [1.29, 1.82) is 0 Å². The van der Waals surface area contributed by atoms with Crippen molar-refractivity contribution in [3.05, 3.63) is 59.7 Å². The number of hydrogen-bond donors (Lipinski definition) is 3. The zero-order valence-corrected chi connectivity index (χ0v) is 17.5. The smallest absolute Gasteiger partial charge is 0.261 e. The maximum absolute atomic E-state index is 12.5. The van der Waals surface area contributed by atoms with Crippen molar-refractivity contribution < 1.29 is 19.1 Å². The summed E-state index contributed by atoms with van der Waals surface area (Å²) >= 11 is 5.22. The average Bonchev–Trinajstić information content (AvgIpc) is 2.68. The highest BCUT2D eigenvalue weighted by molar-refractivity contribution is 7.80. The number of carbonyl (C=O) groups excluding carboxylic acids is 2. The monoisotopic (exact) mass is 415 g/mol. The Morgan fingerprint density at radius 1 is 1.00 bits per heavy atom. The van der Waals surface area contributed by atoms with Gasteiger partial charge >= 0.3 is 0 Å². The lowest BCUT2D eigenvalue weighted by molar-refractivity contribution is 0.0940. The SMILES string of the molecule is COCCOc1ccccc1C(=O)NC(=S)Nc1ccc(C(=O)NC(C)C)cc1. The van der Waals surface area contributed by atoms with Gasteiger partial charge in [-0.3, -0.25) is 14.9 Å². The van der Waals surface area contributed by atoms with Crippen molar-refractivity contribution in [1.82, 2.24) is 10.6 Å². The number of benzene rings is 2. The van der Waals surface area contributed by atoms with E-state index in [2.05, 4.69) is 16.0 Å². The van der Waals surface area contributed by atoms with Gasteiger partial charge in [0.1, 0.15) is 12.4 Å². The van der Waals surface area contributed by atoms with Crippen LogP contribution in [0.25, 0.3) is 0 Å². The van der Waals surface area contributed by atoms with Crippen molar-refractivity contribution in [2.24, 2.45) is 0 Å². The van der Waals surface area contributed by atoms with Gasteiger partial charge in [-0.05, 0) is 62.5 Å². The van der Waals surface area contributed by atoms with Gasteiger partial charge in [-0.15, -0.1) is 0 Å². The number of anilines is 1. The minimum absolute atomic E-state index is 0.0597. The summed E-state index contributed by atoms with van der Waals surface area (Å²) in [6.07, 6.45) is 0. The summed E-state index contributed by atoms with van der Waals surface area (Å²) in [6, 6.07) is 13.8. The van der Waals surface area contributed by atoms with Crippen LogP contribution in [-0.2, 0) is 4.74 Å². The lowest BCUT2D eigenvalue weighted by atomic mass is 10.2. The third-order valence-electron chi connectivity index (χ3n) is 3.73. The van der Waals surface area contributed by atoms with E-state index in [1.165, 1.54) is 0 Å². The molecular weight excluding hydrogens is 390 g/mol. The zero-order valence-electron chi connectivity index (χ0n) is 16.7. The summed E-state index contributed by atoms with van der Waals surface area (Å²) in [5, 5.41) is 8.52. The van der Waals surface area contributed by atoms with Crippen molar-refractivity contribution in [3.8, 4) is 5.75 Å². The molecule has 2 aromatic rings. The molecule has 0 unspecified atom stereocenters. The van der Waals surface area contributed by atoms with E-state index in [1.54, 1.807) is 55.6 Å². The summed E-state index contributed by atoms with van der Waals surface area (Å²) in [5.74, 6) is -0.0821. The van der Waals surface area contributed by atoms with Crippen molar-refractivity contribution in [2.75, 3.05) is 25.6 Å². The van der Waals surface area contributed by atoms with Crippen molar-refractivity contribution in [3.63, 3.8) is 0 Å². The number of carbonyl (C=O) groups is 2. The maximum Gasteiger partial charge on any atom is 0.261 e. The van der Waals surface area contributed by atoms with E-state index in [-0.39, 0.29) is 23.0 Å². The summed E-state index contributed by atoms with van der Waals surface area (Å²) in [7, 11) is 1.58. The van der Waals surface area contributed by atoms with Gasteiger partial charge < -0.3 is 20.1 Å². The van der Waals surface area contributed by atoms with Gasteiger partial charge in [0.2, 0.25) is 0 Å². The number of hydrogen-bond acceptors (Lipinski definition) is 5. The van der Waals surface area contributed by atoms with Gasteiger partial charge in [-0.25, -0.2) is 0 Å². The minimum atomic E-state index is -0.386. The lowest BCUT2D eigenvalue weighted by Crippen LogP contribution is -2.34. The second-order valence-electron chi connectivity index (χ2n) is 6.45. The molecule has 3 N–H and O–H groups in total. The van der Waals surface area contributed by atoms with Crippen LogP contribution in [0.5, 0.6) is 5.75 Å². The van der Waals surface area contributed by atoms with E-state index in [9.17, 15) is 9.59 Å². The Bertz CT molecular complexity index is 853. The quantitative estimate of drug-likeness (QED) is 0.454. The zero-order chi connectivity index (χ0) is 21.2. The number of ether oxygens (including phenoxy) is 2. The summed E-state index contributed by atoms with van der Waals surface area (Å²) in [4.78, 5) is 24.5. The van der Waals surface area contributed by atoms with E-state index in [4.69, 9.17) is 21.7 Å². The lowest BCUT2D eigenvalue weighted by Gasteiger charge is -2.13. The molecule has 2 aromatic carbocycles. The second-order valence-corrected chi connectivity index (χ2v) is 6.86. The molecule has 0 aliphatic carbocycles. The fourth-order valence-corrected chi connectivity index (χ4v) is 2.61. The molecule has 29 heavy (non-hydrogen) atoms. The van der Waals surface area contributed by atoms with Crippen LogP contribution in [0.2, 0.25) is 0 Å². The molecule has 0 saturated carbocycles. The molecule has 0 aromatic heterocycles. The van der Waals surface area contributed by atoms with Crippen LogP contribution in [0.4, 0.5) is 5.69 Å². The third-order valence-corrected chi connectivity index (χ3v) is 3.93. The number of methoxy groups -OCH3 is 1. The maximum atomic E-state index is 12.5. The predicted octanol–water partition coefficient (Wildman–Crippen LogP) is 2.98. The molecule has 2 rings (SSSR count). The van der Waals surface area contributed by atoms with E-state index in [0.29, 0.717) is 35.8 Å². The van der Waals surface area contributed by atoms with Gasteiger partial charge in [0.25, 0.3) is 11.8 Å². The topological polar surface area (TPSA) is 88.7 Å². The average molecular weight is 416 g/mol. The molecule has 2 amide bonds. The van der Waals surface area contributed by atoms with Crippen molar-refractivity contribution in [2.45, 2.75) is 19.9 Å². The van der Waals surface area contributed by atoms with E-state index >= 15 is 0 Å². The molecule has 8 heteroatoms. The molecule has 0 aliphatic rings. The summed E-state index contributed by atoms with van der Waals surface area (Å²) in [6.45, 7) is 4.55. The van der Waals surface area contributed by atoms with Crippen molar-refractivity contribution >= 4 is 34.8 Å². The fraction of sp³-hybridized carbons (Fsp3) is 0.286. The largest absolute Gasteiger partial charge is 0.490 e. The number of amides is 2. The van der Waals surface area contributed by atoms with Gasteiger partial charge in [-0.1, -0.05) is 12.1 Å². The molecular formula is C21H25N3O4S. The number of nitrogens with one attached hydrogen (secondary N) is 3. The summed E-state index contributed by atoms with van der Waals surface area (Å²) in [5.41, 5.74) is 1.57. The Balaban J connectivity index is 1.95. The first-order chi connectivity index (χ1) is 13.9. The highest BCUT2D eigenvalue weighted by Gasteiger charge is 2.14. The van der Waals surface area contributed by atoms with Crippen LogP contribution in [0, 0.1) is 0 Å². The molecule has 0 radical (unpaired) electrons. The van der Waals surface area contributed by atoms with Crippen LogP contribution in [-0.4, -0.2) is 43.3 Å². The van der Waals surface area contributed by atoms with Crippen LogP contribution in [0.15, 0.2) is 48.5 Å². The molecule has 0 bridgehead atoms. The van der Waals surface area contributed by atoms with Gasteiger partial charge in [0.15, 0.2) is 5.11 Å². The first-order valence-electron chi connectivity index (χ1n) is 9.14. The molecule has 0 saturated heterocycles. The predicted molar refractivity (Wildman–Crippen MR) is 117 cm³/mol. The van der Waals surface area contributed by atoms with Crippen LogP contribution >= 0.6 is 12.2 Å². The van der Waals surface area contributed by atoms with Gasteiger partial charge in [0, 0.05) is 24.4 Å². The number of rotatable bonds is 8. The molecule has 0 spiro atoms. The first kappa shape index (κ1) is 22.3. The van der Waals surface area contributed by atoms with E-state index < -0.39 is 0 Å². The molecule has 0 heterocycles. The highest BCUT2D eigenvalue weighted by atomic mass is 32.1. The minimum Gasteiger partial charge on any atom is -0.490 e. The van der Waals surface area contributed by atoms with Crippen LogP contribution in [0.1, 0.15) is 34.6 Å². The molecule has 0 fully saturated rings. The Labute approximate surface area is 175 Å².